The van der Waals surface area contributed by atoms with Gasteiger partial charge in [0.1, 0.15) is 12.6 Å². The average molecular weight is 171 g/mol. The number of carbonyl (C=O) groups excluding carboxylic acids is 2. The molecule has 0 aromatic rings. The Morgan fingerprint density at radius 1 is 1.08 bits per heavy atom. The molecule has 0 amide bonds. The van der Waals surface area contributed by atoms with Crippen LogP contribution in [-0.2, 0) is 9.59 Å². The van der Waals surface area contributed by atoms with Crippen LogP contribution in [0.4, 0.5) is 0 Å². The lowest BCUT2D eigenvalue weighted by Gasteiger charge is -2.24. The molecule has 0 bridgehead atoms. The summed E-state index contributed by atoms with van der Waals surface area (Å²) in [6, 6.07) is 0.407. The molecule has 0 saturated heterocycles. The van der Waals surface area contributed by atoms with Crippen molar-refractivity contribution in [1.82, 2.24) is 4.90 Å². The second-order valence-electron chi connectivity index (χ2n) is 3.04. The van der Waals surface area contributed by atoms with Gasteiger partial charge < -0.3 is 14.5 Å². The summed E-state index contributed by atoms with van der Waals surface area (Å²) in [4.78, 5) is 22.3. The maximum atomic E-state index is 10.1. The number of hydrogen-bond donors (Lipinski definition) is 0. The lowest BCUT2D eigenvalue weighted by molar-refractivity contribution is -0.108. The van der Waals surface area contributed by atoms with Crippen LogP contribution in [0.2, 0.25) is 0 Å². The Hall–Kier alpha value is -0.700. The van der Waals surface area contributed by atoms with E-state index in [0.29, 0.717) is 18.9 Å². The van der Waals surface area contributed by atoms with E-state index in [2.05, 4.69) is 18.7 Å². The first kappa shape index (κ1) is 11.3. The van der Waals surface area contributed by atoms with E-state index in [1.54, 1.807) is 0 Å². The SMILES string of the molecule is CC(C)N(CCC=O)CCC=O. The Morgan fingerprint density at radius 2 is 1.50 bits per heavy atom. The van der Waals surface area contributed by atoms with Crippen molar-refractivity contribution in [3.05, 3.63) is 0 Å². The summed E-state index contributed by atoms with van der Waals surface area (Å²) < 4.78 is 0. The van der Waals surface area contributed by atoms with Gasteiger partial charge in [0.05, 0.1) is 0 Å². The van der Waals surface area contributed by atoms with Crippen LogP contribution in [0.1, 0.15) is 26.7 Å². The third-order valence-electron chi connectivity index (χ3n) is 1.80. The Kier molecular flexibility index (Phi) is 6.57. The lowest BCUT2D eigenvalue weighted by atomic mass is 10.2. The molecule has 0 aromatic heterocycles. The zero-order chi connectivity index (χ0) is 9.40. The molecule has 12 heavy (non-hydrogen) atoms. The molecule has 0 unspecified atom stereocenters. The molecule has 0 aliphatic carbocycles. The molecule has 0 aromatic carbocycles. The second-order valence-corrected chi connectivity index (χ2v) is 3.04. The topological polar surface area (TPSA) is 37.4 Å². The first-order chi connectivity index (χ1) is 5.72. The Bertz CT molecular complexity index is 122. The van der Waals surface area contributed by atoms with Crippen LogP contribution in [0.15, 0.2) is 0 Å². The van der Waals surface area contributed by atoms with E-state index in [9.17, 15) is 9.59 Å². The molecule has 0 aliphatic heterocycles. The van der Waals surface area contributed by atoms with Crippen LogP contribution in [0.3, 0.4) is 0 Å². The third-order valence-corrected chi connectivity index (χ3v) is 1.80. The second kappa shape index (κ2) is 6.98. The molecule has 0 N–H and O–H groups in total. The maximum Gasteiger partial charge on any atom is 0.121 e. The number of aldehydes is 2. The van der Waals surface area contributed by atoms with Gasteiger partial charge in [-0.2, -0.15) is 0 Å². The predicted octanol–water partition coefficient (Wildman–Crippen LogP) is 0.875. The number of rotatable bonds is 7. The zero-order valence-electron chi connectivity index (χ0n) is 7.82. The highest BCUT2D eigenvalue weighted by atomic mass is 16.1. The van der Waals surface area contributed by atoms with E-state index in [1.165, 1.54) is 0 Å². The zero-order valence-corrected chi connectivity index (χ0v) is 7.82. The van der Waals surface area contributed by atoms with E-state index in [4.69, 9.17) is 0 Å². The molecule has 0 atom stereocenters. The summed E-state index contributed by atoms with van der Waals surface area (Å²) in [5.74, 6) is 0. The molecule has 3 nitrogen and oxygen atoms in total. The molecule has 0 aliphatic rings. The molecule has 0 heterocycles. The van der Waals surface area contributed by atoms with E-state index < -0.39 is 0 Å². The number of carbonyl (C=O) groups is 2. The maximum absolute atomic E-state index is 10.1. The summed E-state index contributed by atoms with van der Waals surface area (Å²) in [6.45, 7) is 5.65. The molecule has 0 radical (unpaired) electrons. The van der Waals surface area contributed by atoms with Crippen molar-refractivity contribution in [2.75, 3.05) is 13.1 Å². The monoisotopic (exact) mass is 171 g/mol. The summed E-state index contributed by atoms with van der Waals surface area (Å²) in [5.41, 5.74) is 0. The van der Waals surface area contributed by atoms with E-state index in [0.717, 1.165) is 25.7 Å². The quantitative estimate of drug-likeness (QED) is 0.533. The standard InChI is InChI=1S/C9H17NO2/c1-9(2)10(5-3-7-11)6-4-8-12/h7-9H,3-6H2,1-2H3. The molecular weight excluding hydrogens is 154 g/mol. The van der Waals surface area contributed by atoms with Crippen molar-refractivity contribution in [1.29, 1.82) is 0 Å². The van der Waals surface area contributed by atoms with Crippen molar-refractivity contribution in [2.45, 2.75) is 32.7 Å². The molecule has 0 saturated carbocycles. The van der Waals surface area contributed by atoms with Crippen LogP contribution in [-0.4, -0.2) is 36.6 Å². The van der Waals surface area contributed by atoms with Gasteiger partial charge in [-0.25, -0.2) is 0 Å². The highest BCUT2D eigenvalue weighted by Crippen LogP contribution is 1.99. The first-order valence-corrected chi connectivity index (χ1v) is 4.33. The highest BCUT2D eigenvalue weighted by molar-refractivity contribution is 5.50. The fourth-order valence-corrected chi connectivity index (χ4v) is 1.07. The van der Waals surface area contributed by atoms with Gasteiger partial charge in [0.15, 0.2) is 0 Å². The van der Waals surface area contributed by atoms with Gasteiger partial charge in [-0.3, -0.25) is 0 Å². The van der Waals surface area contributed by atoms with Crippen molar-refractivity contribution >= 4 is 12.6 Å². The smallest absolute Gasteiger partial charge is 0.121 e. The van der Waals surface area contributed by atoms with Crippen LogP contribution >= 0.6 is 0 Å². The summed E-state index contributed by atoms with van der Waals surface area (Å²) in [5, 5.41) is 0. The minimum Gasteiger partial charge on any atom is -0.303 e. The normalized spacial score (nSPS) is 10.7. The minimum absolute atomic E-state index is 0.407. The van der Waals surface area contributed by atoms with Gasteiger partial charge in [-0.15, -0.1) is 0 Å². The van der Waals surface area contributed by atoms with Crippen LogP contribution in [0, 0.1) is 0 Å². The molecule has 0 fully saturated rings. The van der Waals surface area contributed by atoms with Gasteiger partial charge in [-0.05, 0) is 13.8 Å². The van der Waals surface area contributed by atoms with Crippen LogP contribution in [0.5, 0.6) is 0 Å². The van der Waals surface area contributed by atoms with Gasteiger partial charge >= 0.3 is 0 Å². The Balaban J connectivity index is 3.68. The number of nitrogens with zero attached hydrogens (tertiary/aromatic N) is 1. The van der Waals surface area contributed by atoms with Crippen molar-refractivity contribution in [3.63, 3.8) is 0 Å². The van der Waals surface area contributed by atoms with Gasteiger partial charge in [0.25, 0.3) is 0 Å². The Labute approximate surface area is 73.7 Å². The van der Waals surface area contributed by atoms with Crippen molar-refractivity contribution < 1.29 is 9.59 Å². The third kappa shape index (κ3) is 5.02. The first-order valence-electron chi connectivity index (χ1n) is 4.33. The fraction of sp³-hybridized carbons (Fsp3) is 0.778. The molecule has 3 heteroatoms. The van der Waals surface area contributed by atoms with E-state index in [1.807, 2.05) is 0 Å². The average Bonchev–Trinajstić information content (AvgIpc) is 2.04. The fourth-order valence-electron chi connectivity index (χ4n) is 1.07. The predicted molar refractivity (Wildman–Crippen MR) is 48.1 cm³/mol. The van der Waals surface area contributed by atoms with E-state index >= 15 is 0 Å². The van der Waals surface area contributed by atoms with Crippen LogP contribution in [0.25, 0.3) is 0 Å². The molecule has 0 spiro atoms. The lowest BCUT2D eigenvalue weighted by Crippen LogP contribution is -2.33. The van der Waals surface area contributed by atoms with Gasteiger partial charge in [0, 0.05) is 32.0 Å². The molecule has 0 rings (SSSR count). The van der Waals surface area contributed by atoms with Crippen molar-refractivity contribution in [2.24, 2.45) is 0 Å². The molecule has 70 valence electrons. The van der Waals surface area contributed by atoms with Crippen molar-refractivity contribution in [3.8, 4) is 0 Å². The van der Waals surface area contributed by atoms with Crippen LogP contribution < -0.4 is 0 Å². The van der Waals surface area contributed by atoms with Gasteiger partial charge in [0.2, 0.25) is 0 Å². The summed E-state index contributed by atoms with van der Waals surface area (Å²) >= 11 is 0. The summed E-state index contributed by atoms with van der Waals surface area (Å²) in [6.07, 6.45) is 2.93. The molecular formula is C9H17NO2. The Morgan fingerprint density at radius 3 is 1.75 bits per heavy atom. The van der Waals surface area contributed by atoms with Gasteiger partial charge in [-0.1, -0.05) is 0 Å². The minimum atomic E-state index is 0.407. The number of hydrogen-bond acceptors (Lipinski definition) is 3. The highest BCUT2D eigenvalue weighted by Gasteiger charge is 2.07. The largest absolute Gasteiger partial charge is 0.303 e. The summed E-state index contributed by atoms with van der Waals surface area (Å²) in [7, 11) is 0. The van der Waals surface area contributed by atoms with E-state index in [-0.39, 0.29) is 0 Å².